The smallest absolute Gasteiger partial charge is 0.0607 e. The van der Waals surface area contributed by atoms with E-state index in [2.05, 4.69) is 18.8 Å². The van der Waals surface area contributed by atoms with Crippen molar-refractivity contribution in [3.8, 4) is 0 Å². The summed E-state index contributed by atoms with van der Waals surface area (Å²) in [5.74, 6) is 0. The highest BCUT2D eigenvalue weighted by atomic mass is 15.0. The van der Waals surface area contributed by atoms with Crippen molar-refractivity contribution in [1.29, 1.82) is 0 Å². The van der Waals surface area contributed by atoms with Gasteiger partial charge in [-0.15, -0.1) is 0 Å². The van der Waals surface area contributed by atoms with Crippen LogP contribution in [-0.4, -0.2) is 6.04 Å². The molecule has 1 heterocycles. The van der Waals surface area contributed by atoms with E-state index in [0.717, 1.165) is 34.6 Å². The van der Waals surface area contributed by atoms with Gasteiger partial charge in [0.25, 0.3) is 0 Å². The Morgan fingerprint density at radius 3 is 2.44 bits per heavy atom. The largest absolute Gasteiger partial charge is 0.400 e. The van der Waals surface area contributed by atoms with Gasteiger partial charge in [-0.05, 0) is 30.2 Å². The van der Waals surface area contributed by atoms with Gasteiger partial charge in [-0.25, -0.2) is 0 Å². The lowest BCUT2D eigenvalue weighted by Gasteiger charge is -2.11. The molecule has 1 atom stereocenters. The molecule has 0 spiro atoms. The number of benzene rings is 1. The minimum absolute atomic E-state index is 0.389. The second-order valence-electron chi connectivity index (χ2n) is 4.25. The van der Waals surface area contributed by atoms with E-state index in [4.69, 9.17) is 11.5 Å². The average molecular weight is 215 g/mol. The van der Waals surface area contributed by atoms with Crippen molar-refractivity contribution in [2.45, 2.75) is 19.4 Å². The van der Waals surface area contributed by atoms with Crippen LogP contribution in [0.5, 0.6) is 0 Å². The molecule has 0 saturated heterocycles. The average Bonchev–Trinajstić information content (AvgIpc) is 2.58. The van der Waals surface area contributed by atoms with Crippen LogP contribution in [-0.2, 0) is 0 Å². The molecule has 0 amide bonds. The first-order valence-corrected chi connectivity index (χ1v) is 5.38. The van der Waals surface area contributed by atoms with Crippen LogP contribution < -0.4 is 16.8 Å². The third-order valence-electron chi connectivity index (χ3n) is 2.80. The van der Waals surface area contributed by atoms with E-state index in [1.54, 1.807) is 0 Å². The summed E-state index contributed by atoms with van der Waals surface area (Å²) < 4.78 is 0. The van der Waals surface area contributed by atoms with Crippen LogP contribution in [0.15, 0.2) is 42.2 Å². The molecule has 1 aromatic carbocycles. The Bertz CT molecular complexity index is 443. The number of anilines is 1. The molecule has 1 unspecified atom stereocenters. The van der Waals surface area contributed by atoms with Gasteiger partial charge < -0.3 is 16.8 Å². The lowest BCUT2D eigenvalue weighted by Crippen LogP contribution is -2.18. The monoisotopic (exact) mass is 215 g/mol. The first-order chi connectivity index (χ1) is 7.58. The third-order valence-corrected chi connectivity index (χ3v) is 2.80. The third kappa shape index (κ3) is 1.89. The first kappa shape index (κ1) is 10.6. The summed E-state index contributed by atoms with van der Waals surface area (Å²) in [6.45, 7) is 6.19. The zero-order chi connectivity index (χ0) is 11.7. The summed E-state index contributed by atoms with van der Waals surface area (Å²) >= 11 is 0. The van der Waals surface area contributed by atoms with Crippen molar-refractivity contribution >= 4 is 11.3 Å². The molecule has 0 fully saturated rings. The molecule has 0 saturated carbocycles. The lowest BCUT2D eigenvalue weighted by atomic mass is 10.0. The van der Waals surface area contributed by atoms with E-state index in [-0.39, 0.29) is 0 Å². The molecule has 16 heavy (non-hydrogen) atoms. The second-order valence-corrected chi connectivity index (χ2v) is 4.25. The maximum atomic E-state index is 5.97. The Morgan fingerprint density at radius 2 is 1.94 bits per heavy atom. The molecular weight excluding hydrogens is 198 g/mol. The molecule has 84 valence electrons. The van der Waals surface area contributed by atoms with Crippen molar-refractivity contribution in [2.75, 3.05) is 5.73 Å². The highest BCUT2D eigenvalue weighted by Crippen LogP contribution is 2.27. The van der Waals surface area contributed by atoms with E-state index in [1.807, 2.05) is 24.3 Å². The van der Waals surface area contributed by atoms with Crippen LogP contribution >= 0.6 is 0 Å². The molecule has 0 aliphatic carbocycles. The normalized spacial score (nSPS) is 19.7. The Kier molecular flexibility index (Phi) is 2.60. The maximum Gasteiger partial charge on any atom is 0.0607 e. The predicted octanol–water partition coefficient (Wildman–Crippen LogP) is 1.83. The Hall–Kier alpha value is -1.90. The van der Waals surface area contributed by atoms with Crippen molar-refractivity contribution in [3.63, 3.8) is 0 Å². The van der Waals surface area contributed by atoms with Gasteiger partial charge in [0.05, 0.1) is 5.70 Å². The number of hydrogen-bond donors (Lipinski definition) is 3. The number of hydrogen-bond acceptors (Lipinski definition) is 3. The second kappa shape index (κ2) is 3.93. The molecule has 0 radical (unpaired) electrons. The first-order valence-electron chi connectivity index (χ1n) is 5.38. The fraction of sp³-hybridized carbons (Fsp3) is 0.231. The summed E-state index contributed by atoms with van der Waals surface area (Å²) in [5, 5.41) is 3.34. The van der Waals surface area contributed by atoms with Gasteiger partial charge in [0.2, 0.25) is 0 Å². The zero-order valence-corrected chi connectivity index (χ0v) is 9.46. The quantitative estimate of drug-likeness (QED) is 0.659. The van der Waals surface area contributed by atoms with Gasteiger partial charge in [-0.3, -0.25) is 0 Å². The van der Waals surface area contributed by atoms with Gasteiger partial charge in [-0.1, -0.05) is 18.7 Å². The van der Waals surface area contributed by atoms with Gasteiger partial charge in [0.15, 0.2) is 0 Å². The van der Waals surface area contributed by atoms with Crippen LogP contribution in [0.2, 0.25) is 0 Å². The van der Waals surface area contributed by atoms with Crippen molar-refractivity contribution < 1.29 is 0 Å². The minimum Gasteiger partial charge on any atom is -0.400 e. The molecule has 1 aliphatic rings. The molecule has 0 aromatic heterocycles. The molecular formula is C13H17N3. The Balaban J connectivity index is 2.26. The van der Waals surface area contributed by atoms with E-state index in [9.17, 15) is 0 Å². The molecule has 1 aromatic rings. The summed E-state index contributed by atoms with van der Waals surface area (Å²) in [4.78, 5) is 0. The molecule has 1 aliphatic heterocycles. The van der Waals surface area contributed by atoms with Crippen molar-refractivity contribution in [2.24, 2.45) is 5.73 Å². The van der Waals surface area contributed by atoms with Gasteiger partial charge in [-0.2, -0.15) is 0 Å². The fourth-order valence-corrected chi connectivity index (χ4v) is 1.93. The fourth-order valence-electron chi connectivity index (χ4n) is 1.93. The van der Waals surface area contributed by atoms with Gasteiger partial charge >= 0.3 is 0 Å². The summed E-state index contributed by atoms with van der Waals surface area (Å²) in [6, 6.07) is 8.05. The SMILES string of the molecule is C=C(C1=C(N)CC(C)N1)c1ccc(N)cc1. The molecule has 3 heteroatoms. The van der Waals surface area contributed by atoms with E-state index in [0.29, 0.717) is 6.04 Å². The summed E-state index contributed by atoms with van der Waals surface area (Å²) in [5.41, 5.74) is 16.2. The van der Waals surface area contributed by atoms with Crippen LogP contribution in [0, 0.1) is 0 Å². The zero-order valence-electron chi connectivity index (χ0n) is 9.46. The van der Waals surface area contributed by atoms with Gasteiger partial charge in [0.1, 0.15) is 0 Å². The summed E-state index contributed by atoms with van der Waals surface area (Å²) in [6.07, 6.45) is 0.878. The molecule has 5 N–H and O–H groups in total. The van der Waals surface area contributed by atoms with Crippen LogP contribution in [0.4, 0.5) is 5.69 Å². The van der Waals surface area contributed by atoms with E-state index < -0.39 is 0 Å². The number of nitrogen functional groups attached to an aromatic ring is 1. The van der Waals surface area contributed by atoms with Crippen LogP contribution in [0.3, 0.4) is 0 Å². The topological polar surface area (TPSA) is 64.1 Å². The van der Waals surface area contributed by atoms with E-state index >= 15 is 0 Å². The van der Waals surface area contributed by atoms with Crippen molar-refractivity contribution in [3.05, 3.63) is 47.8 Å². The Labute approximate surface area is 95.8 Å². The standard InChI is InChI=1S/C13H17N3/c1-8-7-12(15)13(16-8)9(2)10-3-5-11(14)6-4-10/h3-6,8,16H,2,7,14-15H2,1H3. The number of rotatable bonds is 2. The molecule has 0 bridgehead atoms. The molecule has 3 nitrogen and oxygen atoms in total. The summed E-state index contributed by atoms with van der Waals surface area (Å²) in [7, 11) is 0. The number of nitrogens with one attached hydrogen (secondary N) is 1. The predicted molar refractivity (Wildman–Crippen MR) is 68.3 cm³/mol. The van der Waals surface area contributed by atoms with Crippen LogP contribution in [0.1, 0.15) is 18.9 Å². The van der Waals surface area contributed by atoms with Crippen molar-refractivity contribution in [1.82, 2.24) is 5.32 Å². The number of nitrogens with two attached hydrogens (primary N) is 2. The lowest BCUT2D eigenvalue weighted by molar-refractivity contribution is 0.673. The molecule has 2 rings (SSSR count). The minimum atomic E-state index is 0.389. The highest BCUT2D eigenvalue weighted by Gasteiger charge is 2.20. The highest BCUT2D eigenvalue weighted by molar-refractivity contribution is 5.78. The van der Waals surface area contributed by atoms with Crippen LogP contribution in [0.25, 0.3) is 5.57 Å². The van der Waals surface area contributed by atoms with Gasteiger partial charge in [0, 0.05) is 23.8 Å². The Morgan fingerprint density at radius 1 is 1.31 bits per heavy atom. The number of allylic oxidation sites excluding steroid dienone is 1. The van der Waals surface area contributed by atoms with E-state index in [1.165, 1.54) is 0 Å². The maximum absolute atomic E-state index is 5.97.